The van der Waals surface area contributed by atoms with Crippen LogP contribution in [0, 0.1) is 5.92 Å². The number of ether oxygens (including phenoxy) is 2. The van der Waals surface area contributed by atoms with Gasteiger partial charge in [-0.25, -0.2) is 8.42 Å². The minimum absolute atomic E-state index is 0.0578. The third kappa shape index (κ3) is 4.44. The van der Waals surface area contributed by atoms with Gasteiger partial charge in [0.05, 0.1) is 22.8 Å². The second-order valence-corrected chi connectivity index (χ2v) is 9.44. The van der Waals surface area contributed by atoms with Gasteiger partial charge in [0, 0.05) is 13.1 Å². The lowest BCUT2D eigenvalue weighted by Gasteiger charge is -2.39. The van der Waals surface area contributed by atoms with Crippen LogP contribution in [-0.4, -0.2) is 50.5 Å². The lowest BCUT2D eigenvalue weighted by atomic mass is 10.0. The van der Waals surface area contributed by atoms with Crippen LogP contribution in [0.5, 0.6) is 5.75 Å². The van der Waals surface area contributed by atoms with E-state index in [4.69, 9.17) is 9.47 Å². The van der Waals surface area contributed by atoms with Gasteiger partial charge in [-0.2, -0.15) is 4.31 Å². The molecule has 1 fully saturated rings. The SMILES string of the molecule is CCCC[C@@H]1CN(S(=O)(=O)c2ccc3c(c2)NC(=O)CO3)C[C@H](C(C)C)O1. The third-order valence-electron chi connectivity index (χ3n) is 5.00. The molecule has 27 heavy (non-hydrogen) atoms. The molecular weight excluding hydrogens is 368 g/mol. The molecule has 8 heteroatoms. The molecule has 1 aromatic rings. The molecule has 1 aromatic carbocycles. The van der Waals surface area contributed by atoms with Crippen molar-refractivity contribution in [1.82, 2.24) is 4.31 Å². The first-order chi connectivity index (χ1) is 12.8. The van der Waals surface area contributed by atoms with Gasteiger partial charge in [-0.15, -0.1) is 0 Å². The number of rotatable bonds is 6. The van der Waals surface area contributed by atoms with Crippen LogP contribution < -0.4 is 10.1 Å². The maximum atomic E-state index is 13.3. The fourth-order valence-corrected chi connectivity index (χ4v) is 4.87. The first kappa shape index (κ1) is 20.1. The van der Waals surface area contributed by atoms with Gasteiger partial charge in [-0.3, -0.25) is 4.79 Å². The van der Waals surface area contributed by atoms with E-state index in [0.717, 1.165) is 19.3 Å². The highest BCUT2D eigenvalue weighted by molar-refractivity contribution is 7.89. The Bertz CT molecular complexity index is 793. The Kier molecular flexibility index (Phi) is 6.08. The lowest BCUT2D eigenvalue weighted by Crippen LogP contribution is -2.51. The van der Waals surface area contributed by atoms with Crippen molar-refractivity contribution < 1.29 is 22.7 Å². The molecule has 2 heterocycles. The van der Waals surface area contributed by atoms with Crippen molar-refractivity contribution >= 4 is 21.6 Å². The Morgan fingerprint density at radius 1 is 1.30 bits per heavy atom. The van der Waals surface area contributed by atoms with Gasteiger partial charge in [0.2, 0.25) is 10.0 Å². The molecule has 0 bridgehead atoms. The van der Waals surface area contributed by atoms with E-state index in [1.165, 1.54) is 16.4 Å². The molecule has 0 unspecified atom stereocenters. The number of hydrogen-bond donors (Lipinski definition) is 1. The van der Waals surface area contributed by atoms with Crippen LogP contribution >= 0.6 is 0 Å². The Hall–Kier alpha value is -1.64. The number of sulfonamides is 1. The fourth-order valence-electron chi connectivity index (χ4n) is 3.36. The summed E-state index contributed by atoms with van der Waals surface area (Å²) in [6.45, 7) is 6.83. The number of carbonyl (C=O) groups is 1. The Balaban J connectivity index is 1.86. The Morgan fingerprint density at radius 2 is 2.07 bits per heavy atom. The fraction of sp³-hybridized carbons (Fsp3) is 0.632. The first-order valence-corrected chi connectivity index (χ1v) is 11.0. The standard InChI is InChI=1S/C19H28N2O5S/c1-4-5-6-14-10-21(11-18(26-14)13(2)3)27(23,24)15-7-8-17-16(9-15)20-19(22)12-25-17/h7-9,13-14,18H,4-6,10-12H2,1-3H3,(H,20,22)/t14-,18-/m1/s1. The van der Waals surface area contributed by atoms with E-state index in [0.29, 0.717) is 24.5 Å². The monoisotopic (exact) mass is 396 g/mol. The largest absolute Gasteiger partial charge is 0.482 e. The number of hydrogen-bond acceptors (Lipinski definition) is 5. The molecule has 1 saturated heterocycles. The molecule has 7 nitrogen and oxygen atoms in total. The van der Waals surface area contributed by atoms with Gasteiger partial charge in [0.15, 0.2) is 6.61 Å². The molecule has 150 valence electrons. The minimum Gasteiger partial charge on any atom is -0.482 e. The summed E-state index contributed by atoms with van der Waals surface area (Å²) in [5.74, 6) is 0.419. The van der Waals surface area contributed by atoms with Crippen LogP contribution in [0.25, 0.3) is 0 Å². The van der Waals surface area contributed by atoms with E-state index in [1.807, 2.05) is 13.8 Å². The quantitative estimate of drug-likeness (QED) is 0.799. The minimum atomic E-state index is -3.69. The predicted octanol–water partition coefficient (Wildman–Crippen LogP) is 2.62. The summed E-state index contributed by atoms with van der Waals surface area (Å²) in [5.41, 5.74) is 0.392. The summed E-state index contributed by atoms with van der Waals surface area (Å²) in [6.07, 6.45) is 2.67. The van der Waals surface area contributed by atoms with Crippen molar-refractivity contribution in [2.24, 2.45) is 5.92 Å². The molecular formula is C19H28N2O5S. The Morgan fingerprint density at radius 3 is 2.78 bits per heavy atom. The second-order valence-electron chi connectivity index (χ2n) is 7.50. The topological polar surface area (TPSA) is 84.9 Å². The third-order valence-corrected chi connectivity index (χ3v) is 6.83. The number of benzene rings is 1. The summed E-state index contributed by atoms with van der Waals surface area (Å²) in [5, 5.41) is 2.67. The van der Waals surface area contributed by atoms with Crippen molar-refractivity contribution in [3.63, 3.8) is 0 Å². The maximum Gasteiger partial charge on any atom is 0.262 e. The van der Waals surface area contributed by atoms with Crippen LogP contribution in [-0.2, 0) is 19.6 Å². The van der Waals surface area contributed by atoms with Gasteiger partial charge in [0.25, 0.3) is 5.91 Å². The number of nitrogens with one attached hydrogen (secondary N) is 1. The zero-order chi connectivity index (χ0) is 19.6. The van der Waals surface area contributed by atoms with Crippen molar-refractivity contribution in [2.45, 2.75) is 57.1 Å². The number of morpholine rings is 1. The molecule has 0 saturated carbocycles. The smallest absolute Gasteiger partial charge is 0.262 e. The average Bonchev–Trinajstić information content (AvgIpc) is 2.65. The van der Waals surface area contributed by atoms with Gasteiger partial charge in [-0.05, 0) is 30.5 Å². The molecule has 1 amide bonds. The van der Waals surface area contributed by atoms with E-state index in [-0.39, 0.29) is 35.5 Å². The molecule has 2 atom stereocenters. The summed E-state index contributed by atoms with van der Waals surface area (Å²) in [7, 11) is -3.69. The number of fused-ring (bicyclic) bond motifs is 1. The summed E-state index contributed by atoms with van der Waals surface area (Å²) >= 11 is 0. The van der Waals surface area contributed by atoms with Crippen LogP contribution in [0.2, 0.25) is 0 Å². The molecule has 3 rings (SSSR count). The molecule has 0 spiro atoms. The molecule has 2 aliphatic heterocycles. The zero-order valence-corrected chi connectivity index (χ0v) is 16.9. The van der Waals surface area contributed by atoms with E-state index >= 15 is 0 Å². The van der Waals surface area contributed by atoms with Crippen molar-refractivity contribution in [1.29, 1.82) is 0 Å². The molecule has 1 N–H and O–H groups in total. The van der Waals surface area contributed by atoms with Crippen molar-refractivity contribution in [2.75, 3.05) is 25.0 Å². The van der Waals surface area contributed by atoms with Crippen LogP contribution in [0.1, 0.15) is 40.0 Å². The summed E-state index contributed by atoms with van der Waals surface area (Å²) < 4.78 is 39.5. The molecule has 0 aliphatic carbocycles. The second kappa shape index (κ2) is 8.16. The zero-order valence-electron chi connectivity index (χ0n) is 16.1. The predicted molar refractivity (Wildman–Crippen MR) is 102 cm³/mol. The van der Waals surface area contributed by atoms with E-state index in [2.05, 4.69) is 12.2 Å². The Labute approximate surface area is 161 Å². The first-order valence-electron chi connectivity index (χ1n) is 9.53. The van der Waals surface area contributed by atoms with E-state index in [9.17, 15) is 13.2 Å². The highest BCUT2D eigenvalue weighted by Crippen LogP contribution is 2.32. The van der Waals surface area contributed by atoms with Crippen LogP contribution in [0.4, 0.5) is 5.69 Å². The van der Waals surface area contributed by atoms with Crippen molar-refractivity contribution in [3.8, 4) is 5.75 Å². The van der Waals surface area contributed by atoms with Crippen molar-refractivity contribution in [3.05, 3.63) is 18.2 Å². The lowest BCUT2D eigenvalue weighted by molar-refractivity contribution is -0.118. The highest BCUT2D eigenvalue weighted by Gasteiger charge is 2.36. The van der Waals surface area contributed by atoms with E-state index < -0.39 is 10.0 Å². The van der Waals surface area contributed by atoms with Gasteiger partial charge in [-0.1, -0.05) is 33.6 Å². The number of unbranched alkanes of at least 4 members (excludes halogenated alkanes) is 1. The van der Waals surface area contributed by atoms with Crippen LogP contribution in [0.15, 0.2) is 23.1 Å². The average molecular weight is 397 g/mol. The van der Waals surface area contributed by atoms with Gasteiger partial charge >= 0.3 is 0 Å². The number of nitrogens with zero attached hydrogens (tertiary/aromatic N) is 1. The summed E-state index contributed by atoms with van der Waals surface area (Å²) in [6, 6.07) is 4.60. The van der Waals surface area contributed by atoms with Gasteiger partial charge in [0.1, 0.15) is 5.75 Å². The van der Waals surface area contributed by atoms with Crippen LogP contribution in [0.3, 0.4) is 0 Å². The summed E-state index contributed by atoms with van der Waals surface area (Å²) in [4.78, 5) is 11.7. The molecule has 0 radical (unpaired) electrons. The number of carbonyl (C=O) groups excluding carboxylic acids is 1. The molecule has 0 aromatic heterocycles. The number of anilines is 1. The maximum absolute atomic E-state index is 13.3. The normalized spacial score (nSPS) is 23.6. The number of amides is 1. The van der Waals surface area contributed by atoms with Gasteiger partial charge < -0.3 is 14.8 Å². The highest BCUT2D eigenvalue weighted by atomic mass is 32.2. The molecule has 2 aliphatic rings. The van der Waals surface area contributed by atoms with E-state index in [1.54, 1.807) is 6.07 Å².